The number of benzene rings is 2. The molecule has 158 valence electrons. The maximum absolute atomic E-state index is 13.5. The molecular weight excluding hydrogens is 415 g/mol. The van der Waals surface area contributed by atoms with Crippen molar-refractivity contribution in [2.45, 2.75) is 45.0 Å². The van der Waals surface area contributed by atoms with Crippen molar-refractivity contribution in [3.05, 3.63) is 58.2 Å². The minimum absolute atomic E-state index is 0.0304. The van der Waals surface area contributed by atoms with E-state index in [9.17, 15) is 13.2 Å². The van der Waals surface area contributed by atoms with Crippen molar-refractivity contribution in [2.75, 3.05) is 6.61 Å². The van der Waals surface area contributed by atoms with Crippen molar-refractivity contribution >= 4 is 22.5 Å². The number of hydrogen-bond donors (Lipinski definition) is 0. The monoisotopic (exact) mass is 435 g/mol. The SMILES string of the molecule is FC(F)(F)c1cc(COc2ccc3c(c2)c(Cl)c2n3CCC2)ccc1OCC1CC1. The Balaban J connectivity index is 1.35. The first-order valence-electron chi connectivity index (χ1n) is 10.2. The van der Waals surface area contributed by atoms with Gasteiger partial charge in [0.05, 0.1) is 22.7 Å². The zero-order chi connectivity index (χ0) is 20.9. The first kappa shape index (κ1) is 19.6. The number of ether oxygens (including phenoxy) is 2. The van der Waals surface area contributed by atoms with E-state index < -0.39 is 11.7 Å². The van der Waals surface area contributed by atoms with Crippen molar-refractivity contribution in [1.82, 2.24) is 4.57 Å². The van der Waals surface area contributed by atoms with Crippen LogP contribution in [0.2, 0.25) is 5.02 Å². The number of nitrogens with zero attached hydrogens (tertiary/aromatic N) is 1. The molecule has 3 nitrogen and oxygen atoms in total. The summed E-state index contributed by atoms with van der Waals surface area (Å²) in [6.07, 6.45) is -0.391. The molecule has 0 amide bonds. The van der Waals surface area contributed by atoms with E-state index in [0.717, 1.165) is 59.9 Å². The zero-order valence-electron chi connectivity index (χ0n) is 16.3. The Bertz CT molecular complexity index is 1100. The molecule has 1 aromatic heterocycles. The highest BCUT2D eigenvalue weighted by molar-refractivity contribution is 6.36. The Morgan fingerprint density at radius 2 is 1.90 bits per heavy atom. The lowest BCUT2D eigenvalue weighted by Crippen LogP contribution is -2.11. The third-order valence-corrected chi connectivity index (χ3v) is 6.22. The van der Waals surface area contributed by atoms with Crippen LogP contribution in [0.15, 0.2) is 36.4 Å². The van der Waals surface area contributed by atoms with E-state index in [1.54, 1.807) is 6.07 Å². The van der Waals surface area contributed by atoms with Gasteiger partial charge in [-0.2, -0.15) is 13.2 Å². The van der Waals surface area contributed by atoms with Crippen molar-refractivity contribution in [3.8, 4) is 11.5 Å². The average molecular weight is 436 g/mol. The minimum Gasteiger partial charge on any atom is -0.493 e. The smallest absolute Gasteiger partial charge is 0.419 e. The zero-order valence-corrected chi connectivity index (χ0v) is 17.0. The lowest BCUT2D eigenvalue weighted by molar-refractivity contribution is -0.139. The molecular formula is C23H21ClF3NO2. The molecule has 0 N–H and O–H groups in total. The molecule has 7 heteroatoms. The lowest BCUT2D eigenvalue weighted by Gasteiger charge is -2.16. The second-order valence-electron chi connectivity index (χ2n) is 8.07. The molecule has 0 unspecified atom stereocenters. The molecule has 0 saturated heterocycles. The van der Waals surface area contributed by atoms with Crippen LogP contribution in [0.1, 0.15) is 36.1 Å². The number of aryl methyl sites for hydroxylation is 1. The first-order valence-corrected chi connectivity index (χ1v) is 10.5. The molecule has 2 aliphatic rings. The average Bonchev–Trinajstić information content (AvgIpc) is 3.36. The van der Waals surface area contributed by atoms with Crippen LogP contribution in [0.25, 0.3) is 10.9 Å². The van der Waals surface area contributed by atoms with Crippen LogP contribution < -0.4 is 9.47 Å². The van der Waals surface area contributed by atoms with Gasteiger partial charge in [0, 0.05) is 17.6 Å². The fourth-order valence-corrected chi connectivity index (χ4v) is 4.36. The van der Waals surface area contributed by atoms with Gasteiger partial charge in [0.15, 0.2) is 0 Å². The first-order chi connectivity index (χ1) is 14.4. The number of aromatic nitrogens is 1. The van der Waals surface area contributed by atoms with Crippen LogP contribution >= 0.6 is 11.6 Å². The molecule has 0 spiro atoms. The molecule has 1 aliphatic heterocycles. The van der Waals surface area contributed by atoms with Crippen LogP contribution in [-0.2, 0) is 25.7 Å². The highest BCUT2D eigenvalue weighted by atomic mass is 35.5. The van der Waals surface area contributed by atoms with E-state index in [-0.39, 0.29) is 12.4 Å². The number of halogens is 4. The standard InChI is InChI=1S/C23H21ClF3NO2/c24-22-17-11-16(6-7-19(17)28-9-1-2-20(22)28)29-13-15-5-8-21(30-12-14-3-4-14)18(10-15)23(25,26)27/h5-8,10-11,14H,1-4,9,12-13H2. The number of fused-ring (bicyclic) bond motifs is 3. The summed E-state index contributed by atoms with van der Waals surface area (Å²) in [5.41, 5.74) is 1.88. The van der Waals surface area contributed by atoms with E-state index in [1.807, 2.05) is 18.2 Å². The Morgan fingerprint density at radius 1 is 1.07 bits per heavy atom. The van der Waals surface area contributed by atoms with E-state index in [4.69, 9.17) is 21.1 Å². The van der Waals surface area contributed by atoms with Gasteiger partial charge in [0.2, 0.25) is 0 Å². The van der Waals surface area contributed by atoms with Crippen LogP contribution in [0.4, 0.5) is 13.2 Å². The molecule has 1 fully saturated rings. The third kappa shape index (κ3) is 3.73. The summed E-state index contributed by atoms with van der Waals surface area (Å²) in [6, 6.07) is 9.78. The van der Waals surface area contributed by atoms with Crippen LogP contribution in [0.3, 0.4) is 0 Å². The number of alkyl halides is 3. The van der Waals surface area contributed by atoms with E-state index >= 15 is 0 Å². The Kier molecular flexibility index (Phi) is 4.85. The summed E-state index contributed by atoms with van der Waals surface area (Å²) in [5.74, 6) is 0.845. The molecule has 1 aliphatic carbocycles. The molecule has 0 atom stereocenters. The second kappa shape index (κ2) is 7.41. The lowest BCUT2D eigenvalue weighted by atomic mass is 10.1. The van der Waals surface area contributed by atoms with Gasteiger partial charge in [-0.3, -0.25) is 0 Å². The van der Waals surface area contributed by atoms with Gasteiger partial charge in [-0.25, -0.2) is 0 Å². The van der Waals surface area contributed by atoms with Crippen LogP contribution in [0.5, 0.6) is 11.5 Å². The van der Waals surface area contributed by atoms with Crippen LogP contribution in [-0.4, -0.2) is 11.2 Å². The van der Waals surface area contributed by atoms with Gasteiger partial charge in [-0.15, -0.1) is 0 Å². The summed E-state index contributed by atoms with van der Waals surface area (Å²) >= 11 is 6.52. The molecule has 0 radical (unpaired) electrons. The summed E-state index contributed by atoms with van der Waals surface area (Å²) < 4.78 is 53.9. The van der Waals surface area contributed by atoms with Crippen molar-refractivity contribution in [3.63, 3.8) is 0 Å². The maximum atomic E-state index is 13.5. The molecule has 5 rings (SSSR count). The highest BCUT2D eigenvalue weighted by Crippen LogP contribution is 2.39. The summed E-state index contributed by atoms with van der Waals surface area (Å²) in [5, 5.41) is 1.66. The predicted molar refractivity (Wildman–Crippen MR) is 109 cm³/mol. The predicted octanol–water partition coefficient (Wildman–Crippen LogP) is 6.63. The molecule has 2 aromatic carbocycles. The van der Waals surface area contributed by atoms with Gasteiger partial charge < -0.3 is 14.0 Å². The Labute approximate surface area is 177 Å². The largest absolute Gasteiger partial charge is 0.493 e. The second-order valence-corrected chi connectivity index (χ2v) is 8.44. The Hall–Kier alpha value is -2.34. The number of hydrogen-bond acceptors (Lipinski definition) is 2. The maximum Gasteiger partial charge on any atom is 0.419 e. The molecule has 0 bridgehead atoms. The van der Waals surface area contributed by atoms with Crippen molar-refractivity contribution in [2.24, 2.45) is 5.92 Å². The molecule has 1 saturated carbocycles. The van der Waals surface area contributed by atoms with Crippen molar-refractivity contribution in [1.29, 1.82) is 0 Å². The van der Waals surface area contributed by atoms with Crippen molar-refractivity contribution < 1.29 is 22.6 Å². The normalized spacial score (nSPS) is 16.1. The topological polar surface area (TPSA) is 23.4 Å². The van der Waals surface area contributed by atoms with Gasteiger partial charge in [-0.1, -0.05) is 17.7 Å². The van der Waals surface area contributed by atoms with E-state index in [0.29, 0.717) is 23.8 Å². The molecule has 3 aromatic rings. The fraction of sp³-hybridized carbons (Fsp3) is 0.391. The highest BCUT2D eigenvalue weighted by Gasteiger charge is 2.35. The van der Waals surface area contributed by atoms with Gasteiger partial charge in [-0.05, 0) is 67.5 Å². The van der Waals surface area contributed by atoms with Gasteiger partial charge in [0.1, 0.15) is 18.1 Å². The van der Waals surface area contributed by atoms with Gasteiger partial charge >= 0.3 is 6.18 Å². The van der Waals surface area contributed by atoms with Gasteiger partial charge in [0.25, 0.3) is 0 Å². The summed E-state index contributed by atoms with van der Waals surface area (Å²) in [7, 11) is 0. The molecule has 2 heterocycles. The van der Waals surface area contributed by atoms with Crippen LogP contribution in [0, 0.1) is 5.92 Å². The summed E-state index contributed by atoms with van der Waals surface area (Å²) in [6.45, 7) is 1.32. The molecule has 30 heavy (non-hydrogen) atoms. The number of rotatable bonds is 6. The van der Waals surface area contributed by atoms with E-state index in [1.165, 1.54) is 6.07 Å². The fourth-order valence-electron chi connectivity index (χ4n) is 4.01. The van der Waals surface area contributed by atoms with E-state index in [2.05, 4.69) is 4.57 Å². The summed E-state index contributed by atoms with van der Waals surface area (Å²) in [4.78, 5) is 0. The quantitative estimate of drug-likeness (QED) is 0.434. The minimum atomic E-state index is -4.48. The Morgan fingerprint density at radius 3 is 2.67 bits per heavy atom. The third-order valence-electron chi connectivity index (χ3n) is 5.80.